The first kappa shape index (κ1) is 18.7. The molecule has 0 aliphatic carbocycles. The lowest BCUT2D eigenvalue weighted by molar-refractivity contribution is -0.384. The lowest BCUT2D eigenvalue weighted by Crippen LogP contribution is -2.33. The zero-order chi connectivity index (χ0) is 18.4. The average molecular weight is 382 g/mol. The largest absolute Gasteiger partial charge is 0.481 e. The van der Waals surface area contributed by atoms with Crippen molar-refractivity contribution in [3.8, 4) is 5.75 Å². The van der Waals surface area contributed by atoms with E-state index in [9.17, 15) is 14.9 Å². The summed E-state index contributed by atoms with van der Waals surface area (Å²) in [6.07, 6.45) is 0.480. The fraction of sp³-hybridized carbons (Fsp3) is 0.125. The summed E-state index contributed by atoms with van der Waals surface area (Å²) in [5, 5.41) is 15.2. The summed E-state index contributed by atoms with van der Waals surface area (Å²) in [6.45, 7) is 1.56. The maximum Gasteiger partial charge on any atom is 0.288 e. The molecule has 1 atom stereocenters. The van der Waals surface area contributed by atoms with Crippen LogP contribution in [0.2, 0.25) is 10.0 Å². The van der Waals surface area contributed by atoms with Crippen molar-refractivity contribution in [2.75, 3.05) is 0 Å². The monoisotopic (exact) mass is 381 g/mol. The number of nitro benzene ring substituents is 1. The predicted octanol–water partition coefficient (Wildman–Crippen LogP) is 3.82. The van der Waals surface area contributed by atoms with E-state index < -0.39 is 16.9 Å². The first-order valence-electron chi connectivity index (χ1n) is 7.06. The first-order valence-corrected chi connectivity index (χ1v) is 7.81. The highest BCUT2D eigenvalue weighted by Crippen LogP contribution is 2.24. The van der Waals surface area contributed by atoms with Crippen LogP contribution in [-0.4, -0.2) is 23.1 Å². The van der Waals surface area contributed by atoms with Gasteiger partial charge in [-0.05, 0) is 37.3 Å². The van der Waals surface area contributed by atoms with Crippen LogP contribution in [0.3, 0.4) is 0 Å². The summed E-state index contributed by atoms with van der Waals surface area (Å²) >= 11 is 11.5. The number of carbonyl (C=O) groups is 1. The van der Waals surface area contributed by atoms with Crippen molar-refractivity contribution in [3.63, 3.8) is 0 Å². The number of rotatable bonds is 6. The minimum Gasteiger partial charge on any atom is -0.481 e. The molecule has 25 heavy (non-hydrogen) atoms. The molecule has 0 saturated heterocycles. The van der Waals surface area contributed by atoms with E-state index in [4.69, 9.17) is 27.9 Å². The fourth-order valence-corrected chi connectivity index (χ4v) is 2.09. The standard InChI is InChI=1S/C16H13Cl2N3O4/c1-10(25-13-5-3-12(17)4-6-13)16(22)20-19-9-11-2-7-14(18)15(8-11)21(23)24/h2-10H,1H3,(H,20,22)/b19-9+/t10-/m1/s1. The Kier molecular flexibility index (Phi) is 6.32. The lowest BCUT2D eigenvalue weighted by Gasteiger charge is -2.12. The molecule has 2 aromatic carbocycles. The van der Waals surface area contributed by atoms with Crippen LogP contribution in [0.5, 0.6) is 5.75 Å². The Labute approximate surface area is 153 Å². The number of nitrogens with zero attached hydrogens (tertiary/aromatic N) is 2. The van der Waals surface area contributed by atoms with Crippen LogP contribution in [-0.2, 0) is 4.79 Å². The molecule has 0 radical (unpaired) electrons. The number of nitro groups is 1. The molecule has 1 amide bonds. The van der Waals surface area contributed by atoms with E-state index in [1.54, 1.807) is 37.3 Å². The SMILES string of the molecule is C[C@@H](Oc1ccc(Cl)cc1)C(=O)N/N=C/c1ccc(Cl)c([N+](=O)[O-])c1. The number of nitrogens with one attached hydrogen (secondary N) is 1. The van der Waals surface area contributed by atoms with Gasteiger partial charge in [-0.1, -0.05) is 29.3 Å². The summed E-state index contributed by atoms with van der Waals surface area (Å²) < 4.78 is 5.45. The van der Waals surface area contributed by atoms with Crippen LogP contribution in [0, 0.1) is 10.1 Å². The molecule has 0 fully saturated rings. The van der Waals surface area contributed by atoms with Gasteiger partial charge in [-0.2, -0.15) is 5.10 Å². The second kappa shape index (κ2) is 8.46. The molecule has 0 saturated carbocycles. The van der Waals surface area contributed by atoms with Gasteiger partial charge in [-0.3, -0.25) is 14.9 Å². The van der Waals surface area contributed by atoms with Crippen LogP contribution in [0.4, 0.5) is 5.69 Å². The van der Waals surface area contributed by atoms with Gasteiger partial charge in [0.05, 0.1) is 11.1 Å². The van der Waals surface area contributed by atoms with E-state index in [0.29, 0.717) is 16.3 Å². The normalized spacial score (nSPS) is 12.0. The number of benzene rings is 2. The van der Waals surface area contributed by atoms with Gasteiger partial charge in [0.25, 0.3) is 11.6 Å². The highest BCUT2D eigenvalue weighted by Gasteiger charge is 2.14. The van der Waals surface area contributed by atoms with Crippen LogP contribution in [0.25, 0.3) is 0 Å². The Bertz CT molecular complexity index is 810. The molecule has 2 rings (SSSR count). The van der Waals surface area contributed by atoms with Crippen LogP contribution in [0.15, 0.2) is 47.6 Å². The van der Waals surface area contributed by atoms with Crippen molar-refractivity contribution in [3.05, 3.63) is 68.2 Å². The van der Waals surface area contributed by atoms with E-state index in [2.05, 4.69) is 10.5 Å². The van der Waals surface area contributed by atoms with Gasteiger partial charge in [-0.25, -0.2) is 5.43 Å². The van der Waals surface area contributed by atoms with Gasteiger partial charge in [0.2, 0.25) is 0 Å². The third-order valence-electron chi connectivity index (χ3n) is 3.05. The minimum atomic E-state index is -0.794. The smallest absolute Gasteiger partial charge is 0.288 e. The molecule has 1 N–H and O–H groups in total. The molecule has 7 nitrogen and oxygen atoms in total. The van der Waals surface area contributed by atoms with Crippen molar-refractivity contribution >= 4 is 41.0 Å². The van der Waals surface area contributed by atoms with Crippen LogP contribution in [0.1, 0.15) is 12.5 Å². The maximum atomic E-state index is 11.9. The summed E-state index contributed by atoms with van der Waals surface area (Å²) in [7, 11) is 0. The van der Waals surface area contributed by atoms with E-state index in [1.807, 2.05) is 0 Å². The Morgan fingerprint density at radius 2 is 1.96 bits per heavy atom. The number of carbonyl (C=O) groups excluding carboxylic acids is 1. The number of halogens is 2. The number of hydrogen-bond acceptors (Lipinski definition) is 5. The molecule has 0 aromatic heterocycles. The maximum absolute atomic E-state index is 11.9. The van der Waals surface area contributed by atoms with Crippen LogP contribution < -0.4 is 10.2 Å². The molecule has 0 bridgehead atoms. The predicted molar refractivity (Wildman–Crippen MR) is 95.4 cm³/mol. The molecule has 130 valence electrons. The molecule has 9 heteroatoms. The van der Waals surface area contributed by atoms with Gasteiger partial charge >= 0.3 is 0 Å². The van der Waals surface area contributed by atoms with Gasteiger partial charge in [0, 0.05) is 16.7 Å². The average Bonchev–Trinajstić information content (AvgIpc) is 2.58. The summed E-state index contributed by atoms with van der Waals surface area (Å²) in [4.78, 5) is 22.2. The van der Waals surface area contributed by atoms with Gasteiger partial charge in [-0.15, -0.1) is 0 Å². The number of hydrogen-bond donors (Lipinski definition) is 1. The van der Waals surface area contributed by atoms with E-state index in [0.717, 1.165) is 0 Å². The van der Waals surface area contributed by atoms with E-state index >= 15 is 0 Å². The van der Waals surface area contributed by atoms with Crippen molar-refractivity contribution in [2.24, 2.45) is 5.10 Å². The number of hydrazone groups is 1. The van der Waals surface area contributed by atoms with Crippen molar-refractivity contribution in [1.29, 1.82) is 0 Å². The van der Waals surface area contributed by atoms with Crippen molar-refractivity contribution < 1.29 is 14.5 Å². The Morgan fingerprint density at radius 3 is 2.60 bits per heavy atom. The van der Waals surface area contributed by atoms with Crippen molar-refractivity contribution in [1.82, 2.24) is 5.43 Å². The Morgan fingerprint density at radius 1 is 1.28 bits per heavy atom. The molecule has 0 heterocycles. The molecule has 0 aliphatic rings. The molecule has 0 aliphatic heterocycles. The topological polar surface area (TPSA) is 93.8 Å². The Balaban J connectivity index is 1.94. The zero-order valence-corrected chi connectivity index (χ0v) is 14.5. The second-order valence-corrected chi connectivity index (χ2v) is 5.76. The third-order valence-corrected chi connectivity index (χ3v) is 3.62. The molecule has 2 aromatic rings. The zero-order valence-electron chi connectivity index (χ0n) is 13.0. The first-order chi connectivity index (χ1) is 11.9. The Hall–Kier alpha value is -2.64. The third kappa shape index (κ3) is 5.44. The van der Waals surface area contributed by atoms with Gasteiger partial charge in [0.1, 0.15) is 10.8 Å². The quantitative estimate of drug-likeness (QED) is 0.467. The highest BCUT2D eigenvalue weighted by molar-refractivity contribution is 6.32. The molecule has 0 spiro atoms. The fourth-order valence-electron chi connectivity index (χ4n) is 1.78. The van der Waals surface area contributed by atoms with E-state index in [-0.39, 0.29) is 10.7 Å². The second-order valence-electron chi connectivity index (χ2n) is 4.92. The van der Waals surface area contributed by atoms with Crippen molar-refractivity contribution in [2.45, 2.75) is 13.0 Å². The van der Waals surface area contributed by atoms with Gasteiger partial charge in [0.15, 0.2) is 6.10 Å². The minimum absolute atomic E-state index is 0.0242. The number of ether oxygens (including phenoxy) is 1. The van der Waals surface area contributed by atoms with Crippen LogP contribution >= 0.6 is 23.2 Å². The molecule has 0 unspecified atom stereocenters. The van der Waals surface area contributed by atoms with E-state index in [1.165, 1.54) is 18.3 Å². The number of amides is 1. The highest BCUT2D eigenvalue weighted by atomic mass is 35.5. The molecular formula is C16H13Cl2N3O4. The molecular weight excluding hydrogens is 369 g/mol. The summed E-state index contributed by atoms with van der Waals surface area (Å²) in [5.74, 6) is 0.0130. The summed E-state index contributed by atoms with van der Waals surface area (Å²) in [6, 6.07) is 10.8. The summed E-state index contributed by atoms with van der Waals surface area (Å²) in [5.41, 5.74) is 2.48. The lowest BCUT2D eigenvalue weighted by atomic mass is 10.2. The van der Waals surface area contributed by atoms with Gasteiger partial charge < -0.3 is 4.74 Å².